The molecule has 0 radical (unpaired) electrons. The minimum atomic E-state index is 0.358. The molecule has 0 fully saturated rings. The standard InChI is InChI=1S/C13H21N/c1-10(2)13(4,5)8-12-7-6-11(3)14-9-12/h6-7,9-10H,8H2,1-5H3. The van der Waals surface area contributed by atoms with E-state index in [1.807, 2.05) is 13.1 Å². The first kappa shape index (κ1) is 11.2. The lowest BCUT2D eigenvalue weighted by Gasteiger charge is -2.29. The van der Waals surface area contributed by atoms with Crippen molar-refractivity contribution in [2.24, 2.45) is 11.3 Å². The Hall–Kier alpha value is -0.850. The van der Waals surface area contributed by atoms with Crippen LogP contribution in [0.1, 0.15) is 39.0 Å². The molecule has 0 saturated carbocycles. The molecule has 1 heteroatoms. The maximum absolute atomic E-state index is 4.32. The maximum atomic E-state index is 4.32. The van der Waals surface area contributed by atoms with Crippen LogP contribution in [0.25, 0.3) is 0 Å². The van der Waals surface area contributed by atoms with E-state index in [-0.39, 0.29) is 0 Å². The SMILES string of the molecule is Cc1ccc(CC(C)(C)C(C)C)cn1. The van der Waals surface area contributed by atoms with Crippen molar-refractivity contribution in [2.75, 3.05) is 0 Å². The van der Waals surface area contributed by atoms with Crippen LogP contribution in [0.2, 0.25) is 0 Å². The molecule has 0 aliphatic carbocycles. The van der Waals surface area contributed by atoms with Crippen LogP contribution in [0, 0.1) is 18.3 Å². The highest BCUT2D eigenvalue weighted by Crippen LogP contribution is 2.30. The van der Waals surface area contributed by atoms with Gasteiger partial charge >= 0.3 is 0 Å². The molecule has 0 aromatic carbocycles. The third kappa shape index (κ3) is 2.83. The molecule has 0 saturated heterocycles. The van der Waals surface area contributed by atoms with Gasteiger partial charge in [0.15, 0.2) is 0 Å². The van der Waals surface area contributed by atoms with E-state index in [1.165, 1.54) is 5.56 Å². The fourth-order valence-electron chi connectivity index (χ4n) is 1.33. The van der Waals surface area contributed by atoms with E-state index in [4.69, 9.17) is 0 Å². The Labute approximate surface area is 87.6 Å². The molecule has 1 aromatic heterocycles. The molecule has 0 atom stereocenters. The van der Waals surface area contributed by atoms with Gasteiger partial charge in [-0.1, -0.05) is 33.8 Å². The van der Waals surface area contributed by atoms with Crippen molar-refractivity contribution >= 4 is 0 Å². The Morgan fingerprint density at radius 1 is 1.29 bits per heavy atom. The number of hydrogen-bond donors (Lipinski definition) is 0. The lowest BCUT2D eigenvalue weighted by atomic mass is 9.76. The minimum absolute atomic E-state index is 0.358. The van der Waals surface area contributed by atoms with Crippen LogP contribution < -0.4 is 0 Å². The van der Waals surface area contributed by atoms with Crippen LogP contribution in [-0.2, 0) is 6.42 Å². The van der Waals surface area contributed by atoms with Gasteiger partial charge in [0.1, 0.15) is 0 Å². The molecule has 0 N–H and O–H groups in total. The van der Waals surface area contributed by atoms with Gasteiger partial charge in [-0.3, -0.25) is 4.98 Å². The van der Waals surface area contributed by atoms with Gasteiger partial charge in [-0.25, -0.2) is 0 Å². The molecule has 0 aliphatic heterocycles. The summed E-state index contributed by atoms with van der Waals surface area (Å²) >= 11 is 0. The van der Waals surface area contributed by atoms with Crippen LogP contribution in [0.3, 0.4) is 0 Å². The number of pyridine rings is 1. The van der Waals surface area contributed by atoms with E-state index in [2.05, 4.69) is 44.8 Å². The highest BCUT2D eigenvalue weighted by molar-refractivity contribution is 5.14. The summed E-state index contributed by atoms with van der Waals surface area (Å²) in [5.74, 6) is 0.698. The van der Waals surface area contributed by atoms with Crippen molar-refractivity contribution in [1.82, 2.24) is 4.98 Å². The van der Waals surface area contributed by atoms with Gasteiger partial charge in [0.25, 0.3) is 0 Å². The third-order valence-corrected chi connectivity index (χ3v) is 3.20. The molecule has 1 aromatic rings. The zero-order valence-electron chi connectivity index (χ0n) is 9.96. The highest BCUT2D eigenvalue weighted by Gasteiger charge is 2.22. The summed E-state index contributed by atoms with van der Waals surface area (Å²) in [5, 5.41) is 0. The molecule has 0 amide bonds. The quantitative estimate of drug-likeness (QED) is 0.711. The van der Waals surface area contributed by atoms with Crippen LogP contribution in [0.4, 0.5) is 0 Å². The summed E-state index contributed by atoms with van der Waals surface area (Å²) < 4.78 is 0. The van der Waals surface area contributed by atoms with E-state index < -0.39 is 0 Å². The van der Waals surface area contributed by atoms with Crippen molar-refractivity contribution < 1.29 is 0 Å². The molecule has 0 unspecified atom stereocenters. The topological polar surface area (TPSA) is 12.9 Å². The Kier molecular flexibility index (Phi) is 3.30. The van der Waals surface area contributed by atoms with E-state index in [9.17, 15) is 0 Å². The second-order valence-electron chi connectivity index (χ2n) is 5.13. The molecule has 0 spiro atoms. The molecule has 1 rings (SSSR count). The fraction of sp³-hybridized carbons (Fsp3) is 0.615. The molecular formula is C13H21N. The van der Waals surface area contributed by atoms with Gasteiger partial charge in [0.2, 0.25) is 0 Å². The third-order valence-electron chi connectivity index (χ3n) is 3.20. The van der Waals surface area contributed by atoms with Gasteiger partial charge in [-0.05, 0) is 36.3 Å². The van der Waals surface area contributed by atoms with Crippen molar-refractivity contribution in [3.63, 3.8) is 0 Å². The average Bonchev–Trinajstić information content (AvgIpc) is 2.08. The average molecular weight is 191 g/mol. The minimum Gasteiger partial charge on any atom is -0.261 e. The summed E-state index contributed by atoms with van der Waals surface area (Å²) in [6.07, 6.45) is 3.11. The largest absolute Gasteiger partial charge is 0.261 e. The van der Waals surface area contributed by atoms with Crippen LogP contribution in [0.15, 0.2) is 18.3 Å². The molecule has 1 heterocycles. The second kappa shape index (κ2) is 4.12. The number of aromatic nitrogens is 1. The molecule has 78 valence electrons. The maximum Gasteiger partial charge on any atom is 0.0372 e. The van der Waals surface area contributed by atoms with Gasteiger partial charge in [0, 0.05) is 11.9 Å². The smallest absolute Gasteiger partial charge is 0.0372 e. The highest BCUT2D eigenvalue weighted by atomic mass is 14.7. The van der Waals surface area contributed by atoms with Gasteiger partial charge in [-0.2, -0.15) is 0 Å². The van der Waals surface area contributed by atoms with E-state index >= 15 is 0 Å². The van der Waals surface area contributed by atoms with Crippen molar-refractivity contribution in [1.29, 1.82) is 0 Å². The van der Waals surface area contributed by atoms with E-state index in [0.717, 1.165) is 12.1 Å². The fourth-order valence-corrected chi connectivity index (χ4v) is 1.33. The van der Waals surface area contributed by atoms with Crippen LogP contribution in [-0.4, -0.2) is 4.98 Å². The monoisotopic (exact) mass is 191 g/mol. The normalized spacial score (nSPS) is 12.1. The summed E-state index contributed by atoms with van der Waals surface area (Å²) in [4.78, 5) is 4.32. The predicted octanol–water partition coefficient (Wildman–Crippen LogP) is 3.61. The van der Waals surface area contributed by atoms with Gasteiger partial charge < -0.3 is 0 Å². The first-order valence-electron chi connectivity index (χ1n) is 5.33. The molecule has 0 aliphatic rings. The molecule has 14 heavy (non-hydrogen) atoms. The Bertz CT molecular complexity index is 283. The number of rotatable bonds is 3. The van der Waals surface area contributed by atoms with Gasteiger partial charge in [0.05, 0.1) is 0 Å². The Morgan fingerprint density at radius 3 is 2.36 bits per heavy atom. The zero-order chi connectivity index (χ0) is 10.8. The summed E-state index contributed by atoms with van der Waals surface area (Å²) in [5.41, 5.74) is 2.79. The zero-order valence-corrected chi connectivity index (χ0v) is 9.96. The van der Waals surface area contributed by atoms with Crippen LogP contribution >= 0.6 is 0 Å². The number of aryl methyl sites for hydroxylation is 1. The summed E-state index contributed by atoms with van der Waals surface area (Å²) in [6.45, 7) is 11.2. The van der Waals surface area contributed by atoms with Crippen molar-refractivity contribution in [3.8, 4) is 0 Å². The Morgan fingerprint density at radius 2 is 1.93 bits per heavy atom. The molecule has 1 nitrogen and oxygen atoms in total. The first-order chi connectivity index (χ1) is 6.42. The summed E-state index contributed by atoms with van der Waals surface area (Å²) in [6, 6.07) is 4.28. The Balaban J connectivity index is 2.74. The van der Waals surface area contributed by atoms with E-state index in [0.29, 0.717) is 11.3 Å². The first-order valence-corrected chi connectivity index (χ1v) is 5.33. The van der Waals surface area contributed by atoms with Crippen molar-refractivity contribution in [2.45, 2.75) is 41.0 Å². The van der Waals surface area contributed by atoms with E-state index in [1.54, 1.807) is 0 Å². The molecule has 0 bridgehead atoms. The second-order valence-corrected chi connectivity index (χ2v) is 5.13. The van der Waals surface area contributed by atoms with Crippen molar-refractivity contribution in [3.05, 3.63) is 29.6 Å². The number of nitrogens with zero attached hydrogens (tertiary/aromatic N) is 1. The van der Waals surface area contributed by atoms with Crippen LogP contribution in [0.5, 0.6) is 0 Å². The lowest BCUT2D eigenvalue weighted by Crippen LogP contribution is -2.22. The lowest BCUT2D eigenvalue weighted by molar-refractivity contribution is 0.248. The van der Waals surface area contributed by atoms with Gasteiger partial charge in [-0.15, -0.1) is 0 Å². The number of hydrogen-bond acceptors (Lipinski definition) is 1. The molecular weight excluding hydrogens is 170 g/mol. The predicted molar refractivity (Wildman–Crippen MR) is 61.3 cm³/mol. The summed E-state index contributed by atoms with van der Waals surface area (Å²) in [7, 11) is 0.